The summed E-state index contributed by atoms with van der Waals surface area (Å²) in [5.41, 5.74) is 1.12. The van der Waals surface area contributed by atoms with E-state index in [2.05, 4.69) is 15.5 Å². The van der Waals surface area contributed by atoms with E-state index in [1.165, 1.54) is 23.5 Å². The highest BCUT2D eigenvalue weighted by atomic mass is 32.2. The summed E-state index contributed by atoms with van der Waals surface area (Å²) in [4.78, 5) is 10.2. The van der Waals surface area contributed by atoms with E-state index in [-0.39, 0.29) is 11.8 Å². The molecule has 2 aromatic rings. The van der Waals surface area contributed by atoms with Gasteiger partial charge in [0.2, 0.25) is 5.13 Å². The summed E-state index contributed by atoms with van der Waals surface area (Å²) >= 11 is 3.08. The van der Waals surface area contributed by atoms with Gasteiger partial charge in [-0.15, -0.1) is 10.2 Å². The average Bonchev–Trinajstić information content (AvgIpc) is 3.23. The van der Waals surface area contributed by atoms with Crippen LogP contribution in [0.1, 0.15) is 18.4 Å². The minimum atomic E-state index is -0.395. The zero-order chi connectivity index (χ0) is 16.1. The Balaban J connectivity index is 1.47. The van der Waals surface area contributed by atoms with Crippen molar-refractivity contribution in [3.05, 3.63) is 39.9 Å². The van der Waals surface area contributed by atoms with E-state index in [0.717, 1.165) is 41.0 Å². The number of aromatic nitrogens is 2. The Bertz CT molecular complexity index is 656. The number of rotatable bonds is 7. The Morgan fingerprint density at radius 1 is 1.39 bits per heavy atom. The van der Waals surface area contributed by atoms with Gasteiger partial charge >= 0.3 is 0 Å². The van der Waals surface area contributed by atoms with Crippen molar-refractivity contribution in [3.63, 3.8) is 0 Å². The highest BCUT2D eigenvalue weighted by Gasteiger charge is 2.15. The second-order valence-electron chi connectivity index (χ2n) is 5.10. The van der Waals surface area contributed by atoms with E-state index in [1.54, 1.807) is 23.9 Å². The number of nitro benzene ring substituents is 1. The van der Waals surface area contributed by atoms with Gasteiger partial charge in [-0.1, -0.05) is 35.2 Å². The third-order valence-electron chi connectivity index (χ3n) is 3.42. The third-order valence-corrected chi connectivity index (χ3v) is 5.51. The summed E-state index contributed by atoms with van der Waals surface area (Å²) in [5, 5.41) is 22.9. The molecule has 1 atom stereocenters. The fraction of sp³-hybridized carbons (Fsp3) is 0.429. The molecule has 1 aliphatic heterocycles. The molecule has 9 heteroatoms. The van der Waals surface area contributed by atoms with Crippen LogP contribution in [0.25, 0.3) is 0 Å². The number of hydrogen-bond acceptors (Lipinski definition) is 8. The molecule has 1 aromatic heterocycles. The molecule has 1 aliphatic rings. The molecule has 0 radical (unpaired) electrons. The molecule has 0 saturated carbocycles. The third kappa shape index (κ3) is 4.63. The first-order valence-electron chi connectivity index (χ1n) is 7.26. The van der Waals surface area contributed by atoms with Crippen molar-refractivity contribution in [1.29, 1.82) is 0 Å². The fourth-order valence-electron chi connectivity index (χ4n) is 2.20. The Morgan fingerprint density at radius 2 is 2.22 bits per heavy atom. The Kier molecular flexibility index (Phi) is 5.42. The number of anilines is 1. The SMILES string of the molecule is O=[N+]([O-])c1ccc(CSc2nnc(NCC3CCCO3)s2)cc1. The topological polar surface area (TPSA) is 90.2 Å². The van der Waals surface area contributed by atoms with Crippen molar-refractivity contribution in [3.8, 4) is 0 Å². The van der Waals surface area contributed by atoms with Gasteiger partial charge in [0.05, 0.1) is 11.0 Å². The largest absolute Gasteiger partial charge is 0.376 e. The predicted octanol–water partition coefficient (Wildman–Crippen LogP) is 3.33. The summed E-state index contributed by atoms with van der Waals surface area (Å²) in [6.07, 6.45) is 2.49. The molecule has 1 fully saturated rings. The predicted molar refractivity (Wildman–Crippen MR) is 90.0 cm³/mol. The zero-order valence-electron chi connectivity index (χ0n) is 12.3. The monoisotopic (exact) mass is 352 g/mol. The van der Waals surface area contributed by atoms with Crippen molar-refractivity contribution < 1.29 is 9.66 Å². The van der Waals surface area contributed by atoms with Crippen LogP contribution in [-0.4, -0.2) is 34.4 Å². The minimum Gasteiger partial charge on any atom is -0.376 e. The van der Waals surface area contributed by atoms with Crippen molar-refractivity contribution in [2.45, 2.75) is 29.0 Å². The average molecular weight is 352 g/mol. The summed E-state index contributed by atoms with van der Waals surface area (Å²) in [7, 11) is 0. The van der Waals surface area contributed by atoms with E-state index in [9.17, 15) is 10.1 Å². The van der Waals surface area contributed by atoms with Crippen LogP contribution in [0.3, 0.4) is 0 Å². The highest BCUT2D eigenvalue weighted by Crippen LogP contribution is 2.29. The number of hydrogen-bond donors (Lipinski definition) is 1. The minimum absolute atomic E-state index is 0.107. The second kappa shape index (κ2) is 7.71. The van der Waals surface area contributed by atoms with Crippen LogP contribution in [0.4, 0.5) is 10.8 Å². The van der Waals surface area contributed by atoms with Gasteiger partial charge in [-0.25, -0.2) is 0 Å². The Hall–Kier alpha value is -1.71. The van der Waals surface area contributed by atoms with Gasteiger partial charge in [-0.3, -0.25) is 10.1 Å². The van der Waals surface area contributed by atoms with Crippen LogP contribution >= 0.6 is 23.1 Å². The van der Waals surface area contributed by atoms with Crippen molar-refractivity contribution >= 4 is 33.9 Å². The van der Waals surface area contributed by atoms with Crippen molar-refractivity contribution in [2.24, 2.45) is 0 Å². The lowest BCUT2D eigenvalue weighted by atomic mass is 10.2. The first-order chi connectivity index (χ1) is 11.2. The van der Waals surface area contributed by atoms with Crippen molar-refractivity contribution in [2.75, 3.05) is 18.5 Å². The number of nitro groups is 1. The first kappa shape index (κ1) is 16.2. The molecule has 1 saturated heterocycles. The second-order valence-corrected chi connectivity index (χ2v) is 7.30. The Morgan fingerprint density at radius 3 is 2.91 bits per heavy atom. The summed E-state index contributed by atoms with van der Waals surface area (Å²) in [6.45, 7) is 1.61. The standard InChI is InChI=1S/C14H16N4O3S2/c19-18(20)11-5-3-10(4-6-11)9-22-14-17-16-13(23-14)15-8-12-2-1-7-21-12/h3-6,12H,1-2,7-9H2,(H,15,16). The van der Waals surface area contributed by atoms with Gasteiger partial charge in [0, 0.05) is 31.0 Å². The van der Waals surface area contributed by atoms with Crippen LogP contribution in [0.2, 0.25) is 0 Å². The zero-order valence-corrected chi connectivity index (χ0v) is 13.9. The molecule has 2 heterocycles. The van der Waals surface area contributed by atoms with E-state index in [0.29, 0.717) is 5.75 Å². The number of nitrogens with zero attached hydrogens (tertiary/aromatic N) is 3. The lowest BCUT2D eigenvalue weighted by Crippen LogP contribution is -2.18. The normalized spacial score (nSPS) is 17.3. The molecule has 122 valence electrons. The molecule has 0 aliphatic carbocycles. The molecule has 7 nitrogen and oxygen atoms in total. The van der Waals surface area contributed by atoms with Crippen molar-refractivity contribution in [1.82, 2.24) is 10.2 Å². The van der Waals surface area contributed by atoms with Gasteiger partial charge in [0.15, 0.2) is 4.34 Å². The Labute approximate surface area is 141 Å². The number of benzene rings is 1. The van der Waals surface area contributed by atoms with Gasteiger partial charge in [0.25, 0.3) is 5.69 Å². The fourth-order valence-corrected chi connectivity index (χ4v) is 3.92. The smallest absolute Gasteiger partial charge is 0.269 e. The molecule has 1 N–H and O–H groups in total. The van der Waals surface area contributed by atoms with Crippen LogP contribution in [0.15, 0.2) is 28.6 Å². The van der Waals surface area contributed by atoms with Crippen LogP contribution in [0.5, 0.6) is 0 Å². The van der Waals surface area contributed by atoms with Gasteiger partial charge < -0.3 is 10.1 Å². The molecule has 0 amide bonds. The number of nitrogens with one attached hydrogen (secondary N) is 1. The van der Waals surface area contributed by atoms with Gasteiger partial charge in [-0.05, 0) is 18.4 Å². The maximum Gasteiger partial charge on any atom is 0.269 e. The van der Waals surface area contributed by atoms with E-state index in [4.69, 9.17) is 4.74 Å². The molecule has 1 aromatic carbocycles. The van der Waals surface area contributed by atoms with E-state index in [1.807, 2.05) is 0 Å². The molecule has 1 unspecified atom stereocenters. The molecular formula is C14H16N4O3S2. The van der Waals surface area contributed by atoms with E-state index < -0.39 is 4.92 Å². The summed E-state index contributed by atoms with van der Waals surface area (Å²) in [6, 6.07) is 6.57. The van der Waals surface area contributed by atoms with Crippen LogP contribution in [0, 0.1) is 10.1 Å². The van der Waals surface area contributed by atoms with Crippen LogP contribution < -0.4 is 5.32 Å². The number of thioether (sulfide) groups is 1. The molecule has 23 heavy (non-hydrogen) atoms. The lowest BCUT2D eigenvalue weighted by molar-refractivity contribution is -0.384. The highest BCUT2D eigenvalue weighted by molar-refractivity contribution is 8.00. The maximum absolute atomic E-state index is 10.6. The summed E-state index contributed by atoms with van der Waals surface area (Å²) < 4.78 is 6.43. The first-order valence-corrected chi connectivity index (χ1v) is 9.06. The molecule has 3 rings (SSSR count). The molecule has 0 spiro atoms. The lowest BCUT2D eigenvalue weighted by Gasteiger charge is -2.08. The summed E-state index contributed by atoms with van der Waals surface area (Å²) in [5.74, 6) is 0.707. The molecule has 0 bridgehead atoms. The maximum atomic E-state index is 10.6. The number of ether oxygens (including phenoxy) is 1. The van der Waals surface area contributed by atoms with Gasteiger partial charge in [-0.2, -0.15) is 0 Å². The number of non-ortho nitro benzene ring substituents is 1. The van der Waals surface area contributed by atoms with Crippen LogP contribution in [-0.2, 0) is 10.5 Å². The van der Waals surface area contributed by atoms with E-state index >= 15 is 0 Å². The van der Waals surface area contributed by atoms with Gasteiger partial charge in [0.1, 0.15) is 0 Å². The quantitative estimate of drug-likeness (QED) is 0.464. The molecular weight excluding hydrogens is 336 g/mol.